The summed E-state index contributed by atoms with van der Waals surface area (Å²) in [5, 5.41) is 0. The zero-order chi connectivity index (χ0) is 13.1. The van der Waals surface area contributed by atoms with Crippen LogP contribution in [0.15, 0.2) is 36.1 Å². The van der Waals surface area contributed by atoms with Gasteiger partial charge in [-0.05, 0) is 12.1 Å². The third-order valence-corrected chi connectivity index (χ3v) is 3.94. The predicted molar refractivity (Wildman–Crippen MR) is 74.5 cm³/mol. The Morgan fingerprint density at radius 3 is 2.68 bits per heavy atom. The van der Waals surface area contributed by atoms with Gasteiger partial charge in [0.2, 0.25) is 0 Å². The molecular weight excluding hydrogens is 260 g/mol. The maximum absolute atomic E-state index is 12.2. The summed E-state index contributed by atoms with van der Waals surface area (Å²) in [4.78, 5) is 25.3. The van der Waals surface area contributed by atoms with Crippen LogP contribution in [0.3, 0.4) is 0 Å². The number of pyridine rings is 1. The predicted octanol–water partition coefficient (Wildman–Crippen LogP) is 1.50. The van der Waals surface area contributed by atoms with E-state index in [1.54, 1.807) is 17.9 Å². The second-order valence-corrected chi connectivity index (χ2v) is 5.22. The van der Waals surface area contributed by atoms with E-state index in [9.17, 15) is 4.79 Å². The standard InChI is InChI=1S/C13H14N4OS/c18-13(11-9-14-10-19-11)17-7-5-16(6-8-17)12-3-1-2-4-15-12/h1-4,9-10H,5-8H2. The molecule has 1 saturated heterocycles. The minimum Gasteiger partial charge on any atom is -0.353 e. The van der Waals surface area contributed by atoms with E-state index in [2.05, 4.69) is 14.9 Å². The number of thiazole rings is 1. The van der Waals surface area contributed by atoms with Gasteiger partial charge in [-0.15, -0.1) is 11.3 Å². The maximum atomic E-state index is 12.2. The first-order chi connectivity index (χ1) is 9.34. The second-order valence-electron chi connectivity index (χ2n) is 4.33. The molecule has 6 heteroatoms. The SMILES string of the molecule is O=C(c1cncs1)N1CCN(c2ccccn2)CC1. The first kappa shape index (κ1) is 12.1. The highest BCUT2D eigenvalue weighted by molar-refractivity contribution is 7.11. The molecule has 3 heterocycles. The lowest BCUT2D eigenvalue weighted by atomic mass is 10.3. The van der Waals surface area contributed by atoms with Crippen molar-refractivity contribution in [2.24, 2.45) is 0 Å². The molecule has 5 nitrogen and oxygen atoms in total. The van der Waals surface area contributed by atoms with E-state index >= 15 is 0 Å². The van der Waals surface area contributed by atoms with E-state index in [0.717, 1.165) is 32.0 Å². The number of hydrogen-bond acceptors (Lipinski definition) is 5. The van der Waals surface area contributed by atoms with Crippen molar-refractivity contribution in [3.63, 3.8) is 0 Å². The molecule has 0 spiro atoms. The number of aromatic nitrogens is 2. The van der Waals surface area contributed by atoms with Crippen LogP contribution in [-0.4, -0.2) is 47.0 Å². The third-order valence-electron chi connectivity index (χ3n) is 3.18. The Bertz CT molecular complexity index is 535. The van der Waals surface area contributed by atoms with E-state index < -0.39 is 0 Å². The monoisotopic (exact) mass is 274 g/mol. The van der Waals surface area contributed by atoms with Crippen molar-refractivity contribution in [1.82, 2.24) is 14.9 Å². The fourth-order valence-corrected chi connectivity index (χ4v) is 2.74. The summed E-state index contributed by atoms with van der Waals surface area (Å²) in [6, 6.07) is 5.89. The first-order valence-corrected chi connectivity index (χ1v) is 7.06. The van der Waals surface area contributed by atoms with Gasteiger partial charge in [-0.3, -0.25) is 9.78 Å². The molecule has 0 radical (unpaired) electrons. The van der Waals surface area contributed by atoms with Gasteiger partial charge in [0.15, 0.2) is 0 Å². The van der Waals surface area contributed by atoms with Crippen LogP contribution in [0.2, 0.25) is 0 Å². The third kappa shape index (κ3) is 2.58. The maximum Gasteiger partial charge on any atom is 0.265 e. The van der Waals surface area contributed by atoms with Crippen LogP contribution in [0.4, 0.5) is 5.82 Å². The number of hydrogen-bond donors (Lipinski definition) is 0. The molecule has 0 unspecified atom stereocenters. The molecule has 0 atom stereocenters. The number of piperazine rings is 1. The molecule has 2 aromatic heterocycles. The number of carbonyl (C=O) groups is 1. The van der Waals surface area contributed by atoms with Gasteiger partial charge in [-0.2, -0.15) is 0 Å². The summed E-state index contributed by atoms with van der Waals surface area (Å²) in [6.45, 7) is 3.10. The molecule has 1 aliphatic heterocycles. The number of nitrogens with zero attached hydrogens (tertiary/aromatic N) is 4. The van der Waals surface area contributed by atoms with E-state index in [1.807, 2.05) is 23.1 Å². The van der Waals surface area contributed by atoms with Crippen LogP contribution < -0.4 is 4.90 Å². The van der Waals surface area contributed by atoms with Crippen molar-refractivity contribution in [1.29, 1.82) is 0 Å². The molecule has 3 rings (SSSR count). The van der Waals surface area contributed by atoms with Gasteiger partial charge < -0.3 is 9.80 Å². The summed E-state index contributed by atoms with van der Waals surface area (Å²) >= 11 is 1.39. The largest absolute Gasteiger partial charge is 0.353 e. The summed E-state index contributed by atoms with van der Waals surface area (Å²) in [5.74, 6) is 1.07. The molecule has 1 fully saturated rings. The average Bonchev–Trinajstić information content (AvgIpc) is 3.02. The Balaban J connectivity index is 1.62. The average molecular weight is 274 g/mol. The van der Waals surface area contributed by atoms with Crippen molar-refractivity contribution in [2.45, 2.75) is 0 Å². The van der Waals surface area contributed by atoms with Gasteiger partial charge in [-0.1, -0.05) is 6.07 Å². The van der Waals surface area contributed by atoms with Crippen molar-refractivity contribution in [3.05, 3.63) is 41.0 Å². The van der Waals surface area contributed by atoms with Crippen LogP contribution >= 0.6 is 11.3 Å². The van der Waals surface area contributed by atoms with Crippen LogP contribution in [0.5, 0.6) is 0 Å². The topological polar surface area (TPSA) is 49.3 Å². The molecule has 19 heavy (non-hydrogen) atoms. The molecule has 0 bridgehead atoms. The molecule has 0 aromatic carbocycles. The highest BCUT2D eigenvalue weighted by atomic mass is 32.1. The first-order valence-electron chi connectivity index (χ1n) is 6.18. The molecule has 1 aliphatic rings. The number of carbonyl (C=O) groups excluding carboxylic acids is 1. The molecule has 98 valence electrons. The number of anilines is 1. The molecule has 0 saturated carbocycles. The Hall–Kier alpha value is -1.95. The summed E-state index contributed by atoms with van der Waals surface area (Å²) in [6.07, 6.45) is 3.43. The Morgan fingerprint density at radius 1 is 1.21 bits per heavy atom. The van der Waals surface area contributed by atoms with Crippen molar-refractivity contribution < 1.29 is 4.79 Å². The van der Waals surface area contributed by atoms with E-state index in [4.69, 9.17) is 0 Å². The van der Waals surface area contributed by atoms with Crippen molar-refractivity contribution in [2.75, 3.05) is 31.1 Å². The van der Waals surface area contributed by atoms with Gasteiger partial charge in [0, 0.05) is 32.4 Å². The van der Waals surface area contributed by atoms with Crippen LogP contribution in [0.25, 0.3) is 0 Å². The van der Waals surface area contributed by atoms with Gasteiger partial charge in [0.25, 0.3) is 5.91 Å². The molecule has 2 aromatic rings. The Kier molecular flexibility index (Phi) is 3.41. The van der Waals surface area contributed by atoms with E-state index in [-0.39, 0.29) is 5.91 Å². The van der Waals surface area contributed by atoms with Crippen molar-refractivity contribution in [3.8, 4) is 0 Å². The zero-order valence-corrected chi connectivity index (χ0v) is 11.2. The second kappa shape index (κ2) is 5.36. The van der Waals surface area contributed by atoms with Gasteiger partial charge in [0.05, 0.1) is 11.7 Å². The molecular formula is C13H14N4OS. The number of rotatable bonds is 2. The Morgan fingerprint density at radius 2 is 2.05 bits per heavy atom. The lowest BCUT2D eigenvalue weighted by molar-refractivity contribution is 0.0751. The quantitative estimate of drug-likeness (QED) is 0.832. The fraction of sp³-hybridized carbons (Fsp3) is 0.308. The molecule has 0 aliphatic carbocycles. The highest BCUT2D eigenvalue weighted by Crippen LogP contribution is 2.15. The van der Waals surface area contributed by atoms with Crippen LogP contribution in [0, 0.1) is 0 Å². The van der Waals surface area contributed by atoms with Crippen LogP contribution in [-0.2, 0) is 0 Å². The normalized spacial score (nSPS) is 15.6. The minimum atomic E-state index is 0.0863. The molecule has 1 amide bonds. The lowest BCUT2D eigenvalue weighted by Gasteiger charge is -2.35. The van der Waals surface area contributed by atoms with E-state index in [0.29, 0.717) is 4.88 Å². The zero-order valence-electron chi connectivity index (χ0n) is 10.4. The van der Waals surface area contributed by atoms with Crippen molar-refractivity contribution >= 4 is 23.1 Å². The smallest absolute Gasteiger partial charge is 0.265 e. The van der Waals surface area contributed by atoms with E-state index in [1.165, 1.54) is 11.3 Å². The van der Waals surface area contributed by atoms with Crippen LogP contribution in [0.1, 0.15) is 9.67 Å². The summed E-state index contributed by atoms with van der Waals surface area (Å²) in [7, 11) is 0. The fourth-order valence-electron chi connectivity index (χ4n) is 2.16. The molecule has 0 N–H and O–H groups in total. The number of amides is 1. The summed E-state index contributed by atoms with van der Waals surface area (Å²) < 4.78 is 0. The summed E-state index contributed by atoms with van der Waals surface area (Å²) in [5.41, 5.74) is 1.69. The minimum absolute atomic E-state index is 0.0863. The van der Waals surface area contributed by atoms with Gasteiger partial charge >= 0.3 is 0 Å². The van der Waals surface area contributed by atoms with Gasteiger partial charge in [-0.25, -0.2) is 4.98 Å². The highest BCUT2D eigenvalue weighted by Gasteiger charge is 2.23. The Labute approximate surface area is 115 Å². The van der Waals surface area contributed by atoms with Gasteiger partial charge in [0.1, 0.15) is 10.7 Å². The lowest BCUT2D eigenvalue weighted by Crippen LogP contribution is -2.48.